The number of benzene rings is 1. The van der Waals surface area contributed by atoms with Gasteiger partial charge >= 0.3 is 0 Å². The molecule has 0 spiro atoms. The van der Waals surface area contributed by atoms with Gasteiger partial charge < -0.3 is 10.4 Å². The summed E-state index contributed by atoms with van der Waals surface area (Å²) in [5, 5.41) is 12.9. The van der Waals surface area contributed by atoms with Crippen molar-refractivity contribution in [2.45, 2.75) is 25.4 Å². The van der Waals surface area contributed by atoms with Gasteiger partial charge in [-0.3, -0.25) is 0 Å². The number of rotatable bonds is 2. The van der Waals surface area contributed by atoms with E-state index in [9.17, 15) is 9.50 Å². The second-order valence-corrected chi connectivity index (χ2v) is 4.44. The lowest BCUT2D eigenvalue weighted by Crippen LogP contribution is -2.18. The van der Waals surface area contributed by atoms with Crippen molar-refractivity contribution in [3.05, 3.63) is 29.8 Å². The third-order valence-electron chi connectivity index (χ3n) is 3.27. The van der Waals surface area contributed by atoms with Crippen molar-refractivity contribution in [3.8, 4) is 5.75 Å². The molecule has 0 bridgehead atoms. The zero-order valence-corrected chi connectivity index (χ0v) is 9.32. The van der Waals surface area contributed by atoms with Crippen LogP contribution in [0.5, 0.6) is 5.75 Å². The van der Waals surface area contributed by atoms with Crippen molar-refractivity contribution < 1.29 is 9.50 Å². The Kier molecular flexibility index (Phi) is 3.78. The standard InChI is InChI=1S/C13H18FNO/c14-12-6-8-15-7-5-10(12)9-11-3-1-2-4-13(11)16/h1-4,10,12,15-16H,5-9H2. The number of halogens is 1. The summed E-state index contributed by atoms with van der Waals surface area (Å²) in [5.41, 5.74) is 0.858. The molecule has 2 unspecified atom stereocenters. The van der Waals surface area contributed by atoms with Gasteiger partial charge in [-0.1, -0.05) is 18.2 Å². The molecule has 0 saturated carbocycles. The van der Waals surface area contributed by atoms with Crippen molar-refractivity contribution in [2.75, 3.05) is 13.1 Å². The van der Waals surface area contributed by atoms with E-state index >= 15 is 0 Å². The van der Waals surface area contributed by atoms with E-state index in [0.29, 0.717) is 12.8 Å². The molecule has 2 rings (SSSR count). The maximum absolute atomic E-state index is 13.8. The molecule has 1 aliphatic heterocycles. The van der Waals surface area contributed by atoms with Crippen LogP contribution in [0.25, 0.3) is 0 Å². The predicted molar refractivity (Wildman–Crippen MR) is 62.3 cm³/mol. The van der Waals surface area contributed by atoms with E-state index in [1.165, 1.54) is 0 Å². The van der Waals surface area contributed by atoms with E-state index in [2.05, 4.69) is 5.32 Å². The van der Waals surface area contributed by atoms with E-state index in [1.54, 1.807) is 12.1 Å². The predicted octanol–water partition coefficient (Wildman–Crippen LogP) is 2.27. The van der Waals surface area contributed by atoms with Gasteiger partial charge in [-0.15, -0.1) is 0 Å². The fourth-order valence-electron chi connectivity index (χ4n) is 2.26. The largest absolute Gasteiger partial charge is 0.508 e. The zero-order chi connectivity index (χ0) is 11.4. The number of hydrogen-bond donors (Lipinski definition) is 2. The molecule has 2 nitrogen and oxygen atoms in total. The minimum Gasteiger partial charge on any atom is -0.508 e. The van der Waals surface area contributed by atoms with Crippen molar-refractivity contribution >= 4 is 0 Å². The molecule has 1 heterocycles. The van der Waals surface area contributed by atoms with Crippen LogP contribution in [0.2, 0.25) is 0 Å². The lowest BCUT2D eigenvalue weighted by molar-refractivity contribution is 0.218. The van der Waals surface area contributed by atoms with Gasteiger partial charge in [0.25, 0.3) is 0 Å². The van der Waals surface area contributed by atoms with E-state index in [1.807, 2.05) is 12.1 Å². The minimum absolute atomic E-state index is 0.0308. The first kappa shape index (κ1) is 11.4. The highest BCUT2D eigenvalue weighted by Gasteiger charge is 2.23. The molecule has 1 aromatic carbocycles. The summed E-state index contributed by atoms with van der Waals surface area (Å²) in [6, 6.07) is 7.22. The molecule has 1 aromatic rings. The number of nitrogens with one attached hydrogen (secondary N) is 1. The van der Waals surface area contributed by atoms with Gasteiger partial charge in [-0.05, 0) is 49.9 Å². The van der Waals surface area contributed by atoms with Gasteiger partial charge in [0, 0.05) is 0 Å². The average molecular weight is 223 g/mol. The Morgan fingerprint density at radius 3 is 2.81 bits per heavy atom. The van der Waals surface area contributed by atoms with Crippen molar-refractivity contribution in [1.82, 2.24) is 5.32 Å². The van der Waals surface area contributed by atoms with Gasteiger partial charge in [0.1, 0.15) is 11.9 Å². The van der Waals surface area contributed by atoms with E-state index in [4.69, 9.17) is 0 Å². The van der Waals surface area contributed by atoms with Gasteiger partial charge in [-0.25, -0.2) is 4.39 Å². The van der Waals surface area contributed by atoms with Crippen LogP contribution in [0.3, 0.4) is 0 Å². The smallest absolute Gasteiger partial charge is 0.118 e. The number of phenols is 1. The molecule has 2 N–H and O–H groups in total. The quantitative estimate of drug-likeness (QED) is 0.806. The summed E-state index contributed by atoms with van der Waals surface area (Å²) in [6.45, 7) is 1.64. The number of aromatic hydroxyl groups is 1. The van der Waals surface area contributed by atoms with E-state index in [-0.39, 0.29) is 11.7 Å². The Labute approximate surface area is 95.5 Å². The zero-order valence-electron chi connectivity index (χ0n) is 9.32. The Balaban J connectivity index is 2.05. The summed E-state index contributed by atoms with van der Waals surface area (Å²) in [7, 11) is 0. The lowest BCUT2D eigenvalue weighted by atomic mass is 9.91. The number of para-hydroxylation sites is 1. The van der Waals surface area contributed by atoms with Crippen LogP contribution in [0.1, 0.15) is 18.4 Å². The molecule has 1 saturated heterocycles. The molecule has 16 heavy (non-hydrogen) atoms. The maximum atomic E-state index is 13.8. The molecule has 0 aliphatic carbocycles. The Morgan fingerprint density at radius 1 is 1.25 bits per heavy atom. The second kappa shape index (κ2) is 5.30. The third kappa shape index (κ3) is 2.73. The molecule has 0 radical (unpaired) electrons. The van der Waals surface area contributed by atoms with Crippen molar-refractivity contribution in [2.24, 2.45) is 5.92 Å². The average Bonchev–Trinajstić information content (AvgIpc) is 2.48. The summed E-state index contributed by atoms with van der Waals surface area (Å²) >= 11 is 0. The monoisotopic (exact) mass is 223 g/mol. The van der Waals surface area contributed by atoms with Gasteiger partial charge in [0.05, 0.1) is 0 Å². The van der Waals surface area contributed by atoms with Crippen molar-refractivity contribution in [1.29, 1.82) is 0 Å². The first-order valence-corrected chi connectivity index (χ1v) is 5.89. The van der Waals surface area contributed by atoms with Gasteiger partial charge in [0.2, 0.25) is 0 Å². The van der Waals surface area contributed by atoms with Gasteiger partial charge in [0.15, 0.2) is 0 Å². The molecule has 1 aliphatic rings. The lowest BCUT2D eigenvalue weighted by Gasteiger charge is -2.18. The molecule has 0 amide bonds. The first-order valence-electron chi connectivity index (χ1n) is 5.89. The van der Waals surface area contributed by atoms with Crippen LogP contribution < -0.4 is 5.32 Å². The summed E-state index contributed by atoms with van der Waals surface area (Å²) < 4.78 is 13.8. The van der Waals surface area contributed by atoms with E-state index < -0.39 is 6.17 Å². The van der Waals surface area contributed by atoms with Crippen LogP contribution in [0.15, 0.2) is 24.3 Å². The highest BCUT2D eigenvalue weighted by Crippen LogP contribution is 2.26. The molecule has 0 aromatic heterocycles. The normalized spacial score (nSPS) is 26.3. The first-order chi connectivity index (χ1) is 7.77. The maximum Gasteiger partial charge on any atom is 0.118 e. The second-order valence-electron chi connectivity index (χ2n) is 4.44. The van der Waals surface area contributed by atoms with Crippen LogP contribution in [0, 0.1) is 5.92 Å². The van der Waals surface area contributed by atoms with Crippen LogP contribution in [0.4, 0.5) is 4.39 Å². The molecular formula is C13H18FNO. The highest BCUT2D eigenvalue weighted by molar-refractivity contribution is 5.32. The molecule has 2 atom stereocenters. The minimum atomic E-state index is -0.755. The number of alkyl halides is 1. The number of phenolic OH excluding ortho intramolecular Hbond substituents is 1. The third-order valence-corrected chi connectivity index (χ3v) is 3.27. The van der Waals surface area contributed by atoms with Crippen LogP contribution >= 0.6 is 0 Å². The van der Waals surface area contributed by atoms with Crippen molar-refractivity contribution in [3.63, 3.8) is 0 Å². The van der Waals surface area contributed by atoms with Gasteiger partial charge in [-0.2, -0.15) is 0 Å². The van der Waals surface area contributed by atoms with Crippen LogP contribution in [-0.4, -0.2) is 24.4 Å². The fraction of sp³-hybridized carbons (Fsp3) is 0.538. The Bertz CT molecular complexity index is 342. The SMILES string of the molecule is Oc1ccccc1CC1CCNCCC1F. The van der Waals surface area contributed by atoms with E-state index in [0.717, 1.165) is 25.1 Å². The fourth-order valence-corrected chi connectivity index (χ4v) is 2.26. The molecule has 1 fully saturated rings. The highest BCUT2D eigenvalue weighted by atomic mass is 19.1. The molecular weight excluding hydrogens is 205 g/mol. The summed E-state index contributed by atoms with van der Waals surface area (Å²) in [5.74, 6) is 0.315. The Morgan fingerprint density at radius 2 is 2.00 bits per heavy atom. The Hall–Kier alpha value is -1.09. The molecule has 3 heteroatoms. The topological polar surface area (TPSA) is 32.3 Å². The summed E-state index contributed by atoms with van der Waals surface area (Å²) in [4.78, 5) is 0. The summed E-state index contributed by atoms with van der Waals surface area (Å²) in [6.07, 6.45) is 1.30. The molecule has 88 valence electrons. The number of hydrogen-bond acceptors (Lipinski definition) is 2. The van der Waals surface area contributed by atoms with Crippen LogP contribution in [-0.2, 0) is 6.42 Å².